The maximum Gasteiger partial charge on any atom is 0.352 e. The van der Waals surface area contributed by atoms with Crippen molar-refractivity contribution in [2.45, 2.75) is 31.8 Å². The number of nitrogens with zero attached hydrogens (tertiary/aromatic N) is 4. The first-order valence-corrected chi connectivity index (χ1v) is 14.7. The predicted molar refractivity (Wildman–Crippen MR) is 165 cm³/mol. The van der Waals surface area contributed by atoms with E-state index in [0.717, 1.165) is 15.5 Å². The Balaban J connectivity index is 1.37. The predicted octanol–water partition coefficient (Wildman–Crippen LogP) is 4.52. The largest absolute Gasteiger partial charge is 0.507 e. The monoisotopic (exact) mass is 584 g/mol. The van der Waals surface area contributed by atoms with Gasteiger partial charge in [0.05, 0.1) is 35.3 Å². The maximum atomic E-state index is 14.5. The van der Waals surface area contributed by atoms with Crippen molar-refractivity contribution in [3.05, 3.63) is 135 Å². The van der Waals surface area contributed by atoms with Gasteiger partial charge in [-0.3, -0.25) is 9.59 Å². The Morgan fingerprint density at radius 2 is 1.43 bits per heavy atom. The summed E-state index contributed by atoms with van der Waals surface area (Å²) in [4.78, 5) is 57.7. The van der Waals surface area contributed by atoms with Gasteiger partial charge in [-0.1, -0.05) is 78.9 Å². The average Bonchev–Trinajstić information content (AvgIpc) is 3.42. The van der Waals surface area contributed by atoms with Gasteiger partial charge in [0, 0.05) is 16.9 Å². The van der Waals surface area contributed by atoms with Crippen molar-refractivity contribution in [1.82, 2.24) is 13.9 Å². The zero-order valence-electron chi connectivity index (χ0n) is 23.8. The highest BCUT2D eigenvalue weighted by atomic mass is 16.3. The highest BCUT2D eigenvalue weighted by molar-refractivity contribution is 6.24. The number of imide groups is 1. The highest BCUT2D eigenvalue weighted by Crippen LogP contribution is 2.62. The van der Waals surface area contributed by atoms with Crippen LogP contribution in [0.2, 0.25) is 0 Å². The summed E-state index contributed by atoms with van der Waals surface area (Å²) < 4.78 is 3.99. The van der Waals surface area contributed by atoms with Crippen LogP contribution < -0.4 is 16.3 Å². The highest BCUT2D eigenvalue weighted by Gasteiger charge is 2.65. The first-order valence-electron chi connectivity index (χ1n) is 14.7. The van der Waals surface area contributed by atoms with E-state index in [-0.39, 0.29) is 30.5 Å². The first kappa shape index (κ1) is 26.2. The maximum absolute atomic E-state index is 14.5. The average molecular weight is 585 g/mol. The molecule has 5 aromatic rings. The number of anilines is 1. The second-order valence-corrected chi connectivity index (χ2v) is 11.9. The van der Waals surface area contributed by atoms with E-state index in [1.165, 1.54) is 14.3 Å². The summed E-state index contributed by atoms with van der Waals surface area (Å²) in [7, 11) is 0. The van der Waals surface area contributed by atoms with E-state index in [1.807, 2.05) is 54.6 Å². The third-order valence-corrected chi connectivity index (χ3v) is 9.81. The summed E-state index contributed by atoms with van der Waals surface area (Å²) in [5.41, 5.74) is -0.0879. The van der Waals surface area contributed by atoms with Gasteiger partial charge in [0.2, 0.25) is 11.8 Å². The van der Waals surface area contributed by atoms with Crippen LogP contribution in [0.25, 0.3) is 16.5 Å². The fourth-order valence-corrected chi connectivity index (χ4v) is 7.75. The van der Waals surface area contributed by atoms with Gasteiger partial charge >= 0.3 is 11.4 Å². The van der Waals surface area contributed by atoms with Crippen LogP contribution in [0.15, 0.2) is 118 Å². The number of carbonyl (C=O) groups excluding carboxylic acids is 2. The number of hydrogen-bond donors (Lipinski definition) is 1. The van der Waals surface area contributed by atoms with Gasteiger partial charge in [-0.25, -0.2) is 28.4 Å². The molecule has 1 saturated heterocycles. The smallest absolute Gasteiger partial charge is 0.352 e. The van der Waals surface area contributed by atoms with Gasteiger partial charge in [0.1, 0.15) is 5.75 Å². The lowest BCUT2D eigenvalue weighted by molar-refractivity contribution is -0.129. The van der Waals surface area contributed by atoms with E-state index in [4.69, 9.17) is 0 Å². The van der Waals surface area contributed by atoms with Crippen molar-refractivity contribution in [3.63, 3.8) is 0 Å². The summed E-state index contributed by atoms with van der Waals surface area (Å²) in [5, 5.41) is 13.2. The first-order chi connectivity index (χ1) is 21.3. The van der Waals surface area contributed by atoms with Crippen LogP contribution in [0, 0.1) is 11.3 Å². The Bertz CT molecular complexity index is 2160. The van der Waals surface area contributed by atoms with E-state index in [1.54, 1.807) is 55.5 Å². The van der Waals surface area contributed by atoms with E-state index in [0.29, 0.717) is 22.3 Å². The van der Waals surface area contributed by atoms with Gasteiger partial charge in [0.15, 0.2) is 0 Å². The number of phenolic OH excluding ortho intramolecular Hbond substituents is 1. The fraction of sp³-hybridized carbons (Fsp3) is 0.200. The molecule has 4 atom stereocenters. The quantitative estimate of drug-likeness (QED) is 0.248. The lowest BCUT2D eigenvalue weighted by atomic mass is 9.56. The molecule has 1 saturated carbocycles. The number of aromatic nitrogens is 3. The number of phenols is 1. The summed E-state index contributed by atoms with van der Waals surface area (Å²) in [5.74, 6) is -2.24. The molecule has 1 aromatic heterocycles. The van der Waals surface area contributed by atoms with Crippen LogP contribution >= 0.6 is 0 Å². The molecule has 3 aliphatic rings. The van der Waals surface area contributed by atoms with Crippen LogP contribution in [0.5, 0.6) is 5.75 Å². The van der Waals surface area contributed by atoms with E-state index >= 15 is 0 Å². The molecule has 9 heteroatoms. The molecule has 1 N–H and O–H groups in total. The van der Waals surface area contributed by atoms with Gasteiger partial charge < -0.3 is 5.11 Å². The summed E-state index contributed by atoms with van der Waals surface area (Å²) in [6, 6.07) is 28.1. The topological polar surface area (TPSA) is 107 Å². The van der Waals surface area contributed by atoms with Gasteiger partial charge in [-0.15, -0.1) is 0 Å². The van der Waals surface area contributed by atoms with Crippen molar-refractivity contribution in [2.75, 3.05) is 4.90 Å². The summed E-state index contributed by atoms with van der Waals surface area (Å²) >= 11 is 0. The molecule has 0 radical (unpaired) electrons. The third-order valence-electron chi connectivity index (χ3n) is 9.81. The molecule has 9 nitrogen and oxygen atoms in total. The number of carbonyl (C=O) groups is 2. The molecule has 218 valence electrons. The molecule has 4 aromatic carbocycles. The Morgan fingerprint density at radius 3 is 2.16 bits per heavy atom. The molecule has 1 aliphatic carbocycles. The molecule has 2 aliphatic heterocycles. The molecule has 0 unspecified atom stereocenters. The number of fused-ring (bicyclic) bond motifs is 5. The number of benzene rings is 4. The molecule has 0 bridgehead atoms. The number of aromatic hydroxyl groups is 1. The minimum absolute atomic E-state index is 0.0326. The lowest BCUT2D eigenvalue weighted by Crippen LogP contribution is -2.49. The second-order valence-electron chi connectivity index (χ2n) is 11.9. The van der Waals surface area contributed by atoms with Crippen molar-refractivity contribution in [2.24, 2.45) is 11.3 Å². The molecule has 8 rings (SSSR count). The van der Waals surface area contributed by atoms with Gasteiger partial charge in [-0.05, 0) is 48.6 Å². The van der Waals surface area contributed by atoms with Gasteiger partial charge in [-0.2, -0.15) is 0 Å². The van der Waals surface area contributed by atoms with Crippen LogP contribution in [0.1, 0.15) is 30.9 Å². The molecular formula is C35H28N4O5. The van der Waals surface area contributed by atoms with Crippen LogP contribution in [-0.2, 0) is 16.1 Å². The molecule has 2 fully saturated rings. The van der Waals surface area contributed by atoms with Crippen LogP contribution in [0.4, 0.5) is 5.69 Å². The van der Waals surface area contributed by atoms with E-state index < -0.39 is 34.7 Å². The van der Waals surface area contributed by atoms with Crippen molar-refractivity contribution >= 4 is 28.3 Å². The Morgan fingerprint density at radius 1 is 0.773 bits per heavy atom. The molecule has 0 spiro atoms. The third kappa shape index (κ3) is 3.35. The second kappa shape index (κ2) is 9.28. The van der Waals surface area contributed by atoms with E-state index in [9.17, 15) is 24.3 Å². The van der Waals surface area contributed by atoms with Gasteiger partial charge in [0.25, 0.3) is 0 Å². The van der Waals surface area contributed by atoms with Crippen LogP contribution in [0.3, 0.4) is 0 Å². The summed E-state index contributed by atoms with van der Waals surface area (Å²) in [6.07, 6.45) is 2.05. The van der Waals surface area contributed by atoms with E-state index in [2.05, 4.69) is 0 Å². The van der Waals surface area contributed by atoms with Crippen LogP contribution in [-0.4, -0.2) is 30.9 Å². The molecule has 3 heterocycles. The molecular weight excluding hydrogens is 556 g/mol. The normalized spacial score (nSPS) is 24.2. The Kier molecular flexibility index (Phi) is 5.53. The fourth-order valence-electron chi connectivity index (χ4n) is 7.75. The van der Waals surface area contributed by atoms with Crippen molar-refractivity contribution in [1.29, 1.82) is 0 Å². The minimum atomic E-state index is -1.26. The SMILES string of the molecule is C[C@@]12C(=O)N(c3ccccc3)C(=O)[C@@H]1C[C@@H]1C(=CCn3c(=O)n(-c4ccccc4)c(=O)n31)[C@@H]2c1ccc2ccccc2c1O. The van der Waals surface area contributed by atoms with Crippen molar-refractivity contribution < 1.29 is 14.7 Å². The number of hydrogen-bond acceptors (Lipinski definition) is 5. The standard InChI is InChI=1S/C35H28N4O5/c1-35-27(31(41)37(32(35)42)22-11-4-2-5-12-22)20-28-25(29(35)26-17-16-21-10-8-9-15-24(21)30(26)40)18-19-36-33(43)38(34(44)39(28)36)23-13-6-3-7-14-23/h2-18,27-29,40H,19-20H2,1H3/t27-,28+,29+,35+/m0/s1. The lowest BCUT2D eigenvalue weighted by Gasteiger charge is -2.47. The Labute approximate surface area is 251 Å². The summed E-state index contributed by atoms with van der Waals surface area (Å²) in [6.45, 7) is 1.91. The minimum Gasteiger partial charge on any atom is -0.507 e. The Hall–Kier alpha value is -5.44. The number of allylic oxidation sites excluding steroid dienone is 2. The zero-order chi connectivity index (χ0) is 30.3. The molecule has 44 heavy (non-hydrogen) atoms. The molecule has 2 amide bonds. The number of para-hydroxylation sites is 2. The number of rotatable bonds is 3. The van der Waals surface area contributed by atoms with Crippen molar-refractivity contribution in [3.8, 4) is 11.4 Å². The number of amides is 2. The zero-order valence-corrected chi connectivity index (χ0v) is 23.8.